The summed E-state index contributed by atoms with van der Waals surface area (Å²) in [5.74, 6) is 0.916. The van der Waals surface area contributed by atoms with E-state index in [0.717, 1.165) is 28.7 Å². The Labute approximate surface area is 146 Å². The average molecular weight is 340 g/mol. The summed E-state index contributed by atoms with van der Waals surface area (Å²) in [6.07, 6.45) is 1.03. The van der Waals surface area contributed by atoms with Crippen LogP contribution in [0.25, 0.3) is 11.0 Å². The summed E-state index contributed by atoms with van der Waals surface area (Å²) >= 11 is 1.81. The second-order valence-electron chi connectivity index (χ2n) is 5.52. The minimum absolute atomic E-state index is 0.304. The van der Waals surface area contributed by atoms with Gasteiger partial charge in [0.1, 0.15) is 5.58 Å². The van der Waals surface area contributed by atoms with Crippen LogP contribution in [0.15, 0.2) is 57.8 Å². The van der Waals surface area contributed by atoms with Gasteiger partial charge in [0.15, 0.2) is 0 Å². The van der Waals surface area contributed by atoms with Crippen molar-refractivity contribution in [2.75, 3.05) is 12.4 Å². The van der Waals surface area contributed by atoms with Crippen LogP contribution in [0.3, 0.4) is 0 Å². The van der Waals surface area contributed by atoms with Crippen molar-refractivity contribution < 1.29 is 13.9 Å². The Kier molecular flexibility index (Phi) is 5.26. The Balaban J connectivity index is 1.73. The molecule has 0 aliphatic heterocycles. The number of benzene rings is 2. The van der Waals surface area contributed by atoms with Crippen LogP contribution in [0.4, 0.5) is 0 Å². The van der Waals surface area contributed by atoms with Crippen molar-refractivity contribution >= 4 is 28.7 Å². The fourth-order valence-electron chi connectivity index (χ4n) is 2.61. The largest absolute Gasteiger partial charge is 0.460 e. The standard InChI is InChI=1S/C20H20O3S/c1-3-22-20(21)19-14(2)17-13-16(9-10-18(17)23-19)24-12-11-15-7-5-4-6-8-15/h4-10,13H,3,11-12H2,1-2H3. The third-order valence-electron chi connectivity index (χ3n) is 3.87. The van der Waals surface area contributed by atoms with Crippen molar-refractivity contribution in [3.05, 3.63) is 65.4 Å². The summed E-state index contributed by atoms with van der Waals surface area (Å²) in [7, 11) is 0. The van der Waals surface area contributed by atoms with E-state index >= 15 is 0 Å². The Morgan fingerprint density at radius 2 is 1.96 bits per heavy atom. The first kappa shape index (κ1) is 16.7. The predicted octanol–water partition coefficient (Wildman–Crippen LogP) is 5.25. The predicted molar refractivity (Wildman–Crippen MR) is 97.8 cm³/mol. The zero-order valence-corrected chi connectivity index (χ0v) is 14.7. The molecule has 0 spiro atoms. The summed E-state index contributed by atoms with van der Waals surface area (Å²) in [6, 6.07) is 16.5. The Morgan fingerprint density at radius 3 is 2.71 bits per heavy atom. The Hall–Kier alpha value is -2.20. The van der Waals surface area contributed by atoms with Crippen LogP contribution in [0.1, 0.15) is 28.6 Å². The van der Waals surface area contributed by atoms with Gasteiger partial charge in [-0.1, -0.05) is 30.3 Å². The van der Waals surface area contributed by atoms with Crippen LogP contribution in [0.5, 0.6) is 0 Å². The fourth-order valence-corrected chi connectivity index (χ4v) is 3.55. The molecular formula is C20H20O3S. The van der Waals surface area contributed by atoms with E-state index in [0.29, 0.717) is 12.4 Å². The summed E-state index contributed by atoms with van der Waals surface area (Å²) in [5, 5.41) is 0.975. The lowest BCUT2D eigenvalue weighted by Gasteiger charge is -2.02. The van der Waals surface area contributed by atoms with Crippen molar-refractivity contribution in [2.45, 2.75) is 25.2 Å². The van der Waals surface area contributed by atoms with Gasteiger partial charge in [-0.3, -0.25) is 0 Å². The first-order chi connectivity index (χ1) is 11.7. The lowest BCUT2D eigenvalue weighted by molar-refractivity contribution is 0.0491. The van der Waals surface area contributed by atoms with E-state index < -0.39 is 5.97 Å². The van der Waals surface area contributed by atoms with Crippen LogP contribution in [-0.4, -0.2) is 18.3 Å². The van der Waals surface area contributed by atoms with Crippen LogP contribution in [0, 0.1) is 6.92 Å². The number of thioether (sulfide) groups is 1. The molecule has 24 heavy (non-hydrogen) atoms. The molecule has 0 atom stereocenters. The summed E-state index contributed by atoms with van der Waals surface area (Å²) in [5.41, 5.74) is 2.91. The average Bonchev–Trinajstić information content (AvgIpc) is 2.93. The highest BCUT2D eigenvalue weighted by Crippen LogP contribution is 2.30. The maximum atomic E-state index is 11.9. The van der Waals surface area contributed by atoms with Crippen molar-refractivity contribution in [2.24, 2.45) is 0 Å². The highest BCUT2D eigenvalue weighted by molar-refractivity contribution is 7.99. The fraction of sp³-hybridized carbons (Fsp3) is 0.250. The van der Waals surface area contributed by atoms with Crippen LogP contribution < -0.4 is 0 Å². The van der Waals surface area contributed by atoms with Crippen molar-refractivity contribution in [3.8, 4) is 0 Å². The second-order valence-corrected chi connectivity index (χ2v) is 6.69. The molecular weight excluding hydrogens is 320 g/mol. The van der Waals surface area contributed by atoms with Gasteiger partial charge >= 0.3 is 5.97 Å². The maximum absolute atomic E-state index is 11.9. The third-order valence-corrected chi connectivity index (χ3v) is 4.87. The van der Waals surface area contributed by atoms with Crippen molar-refractivity contribution in [1.82, 2.24) is 0 Å². The number of ether oxygens (including phenoxy) is 1. The monoisotopic (exact) mass is 340 g/mol. The van der Waals surface area contributed by atoms with E-state index in [1.807, 2.05) is 36.9 Å². The lowest BCUT2D eigenvalue weighted by atomic mass is 10.1. The van der Waals surface area contributed by atoms with Crippen LogP contribution in [0.2, 0.25) is 0 Å². The number of furan rings is 1. The van der Waals surface area contributed by atoms with E-state index in [1.54, 1.807) is 6.92 Å². The highest BCUT2D eigenvalue weighted by atomic mass is 32.2. The van der Waals surface area contributed by atoms with Gasteiger partial charge in [0, 0.05) is 21.6 Å². The molecule has 0 bridgehead atoms. The molecule has 4 heteroatoms. The summed E-state index contributed by atoms with van der Waals surface area (Å²) in [6.45, 7) is 4.03. The van der Waals surface area contributed by atoms with Crippen molar-refractivity contribution in [1.29, 1.82) is 0 Å². The first-order valence-corrected chi connectivity index (χ1v) is 9.04. The molecule has 0 saturated carbocycles. The maximum Gasteiger partial charge on any atom is 0.374 e. The number of hydrogen-bond acceptors (Lipinski definition) is 4. The number of hydrogen-bond donors (Lipinski definition) is 0. The van der Waals surface area contributed by atoms with Crippen molar-refractivity contribution in [3.63, 3.8) is 0 Å². The molecule has 0 saturated heterocycles. The smallest absolute Gasteiger partial charge is 0.374 e. The molecule has 0 amide bonds. The van der Waals surface area contributed by atoms with Gasteiger partial charge in [0.05, 0.1) is 6.61 Å². The summed E-state index contributed by atoms with van der Waals surface area (Å²) < 4.78 is 10.7. The number of fused-ring (bicyclic) bond motifs is 1. The Bertz CT molecular complexity index is 837. The Morgan fingerprint density at radius 1 is 1.17 bits per heavy atom. The van der Waals surface area contributed by atoms with E-state index in [4.69, 9.17) is 9.15 Å². The van der Waals surface area contributed by atoms with Gasteiger partial charge in [0.25, 0.3) is 0 Å². The molecule has 124 valence electrons. The van der Waals surface area contributed by atoms with E-state index in [-0.39, 0.29) is 0 Å². The van der Waals surface area contributed by atoms with Gasteiger partial charge in [-0.15, -0.1) is 11.8 Å². The number of aryl methyl sites for hydroxylation is 2. The molecule has 0 aliphatic rings. The van der Waals surface area contributed by atoms with Crippen LogP contribution >= 0.6 is 11.8 Å². The zero-order chi connectivity index (χ0) is 16.9. The van der Waals surface area contributed by atoms with Gasteiger partial charge in [-0.05, 0) is 44.0 Å². The zero-order valence-electron chi connectivity index (χ0n) is 13.9. The molecule has 0 radical (unpaired) electrons. The highest BCUT2D eigenvalue weighted by Gasteiger charge is 2.18. The number of rotatable bonds is 6. The number of carbonyl (C=O) groups excluding carboxylic acids is 1. The molecule has 2 aromatic carbocycles. The summed E-state index contributed by atoms with van der Waals surface area (Å²) in [4.78, 5) is 13.1. The minimum atomic E-state index is -0.399. The lowest BCUT2D eigenvalue weighted by Crippen LogP contribution is -2.04. The second kappa shape index (κ2) is 7.58. The topological polar surface area (TPSA) is 39.4 Å². The molecule has 0 aliphatic carbocycles. The molecule has 0 N–H and O–H groups in total. The van der Waals surface area contributed by atoms with Crippen LogP contribution in [-0.2, 0) is 11.2 Å². The molecule has 0 unspecified atom stereocenters. The first-order valence-electron chi connectivity index (χ1n) is 8.06. The molecule has 1 aromatic heterocycles. The molecule has 3 nitrogen and oxygen atoms in total. The van der Waals surface area contributed by atoms with Gasteiger partial charge < -0.3 is 9.15 Å². The molecule has 3 rings (SSSR count). The SMILES string of the molecule is CCOC(=O)c1oc2ccc(SCCc3ccccc3)cc2c1C. The van der Waals surface area contributed by atoms with E-state index in [1.165, 1.54) is 10.5 Å². The normalized spacial score (nSPS) is 10.9. The minimum Gasteiger partial charge on any atom is -0.460 e. The van der Waals surface area contributed by atoms with E-state index in [9.17, 15) is 4.79 Å². The van der Waals surface area contributed by atoms with Gasteiger partial charge in [-0.2, -0.15) is 0 Å². The van der Waals surface area contributed by atoms with Gasteiger partial charge in [-0.25, -0.2) is 4.79 Å². The number of esters is 1. The quantitative estimate of drug-likeness (QED) is 0.454. The number of carbonyl (C=O) groups is 1. The van der Waals surface area contributed by atoms with Gasteiger partial charge in [0.2, 0.25) is 5.76 Å². The molecule has 3 aromatic rings. The van der Waals surface area contributed by atoms with E-state index in [2.05, 4.69) is 30.3 Å². The molecule has 1 heterocycles. The third kappa shape index (κ3) is 3.65. The molecule has 0 fully saturated rings.